The molecule has 8 nitrogen and oxygen atoms in total. The fourth-order valence-corrected chi connectivity index (χ4v) is 4.95. The molecule has 0 N–H and O–H groups in total. The van der Waals surface area contributed by atoms with Gasteiger partial charge >= 0.3 is 0 Å². The van der Waals surface area contributed by atoms with Gasteiger partial charge in [-0.2, -0.15) is 0 Å². The Morgan fingerprint density at radius 2 is 0.977 bits per heavy atom. The average Bonchev–Trinajstić information content (AvgIpc) is 3.06. The van der Waals surface area contributed by atoms with E-state index < -0.39 is 0 Å². The van der Waals surface area contributed by atoms with E-state index in [4.69, 9.17) is 37.9 Å². The Morgan fingerprint density at radius 3 is 1.60 bits per heavy atom. The minimum Gasteiger partial charge on any atom is -0.497 e. The van der Waals surface area contributed by atoms with E-state index in [9.17, 15) is 0 Å². The Morgan fingerprint density at radius 1 is 0.395 bits per heavy atom. The fourth-order valence-electron chi connectivity index (χ4n) is 4.95. The molecular formula is C35H40O8. The van der Waals surface area contributed by atoms with E-state index in [0.29, 0.717) is 40.2 Å². The zero-order valence-corrected chi connectivity index (χ0v) is 25.9. The van der Waals surface area contributed by atoms with E-state index in [1.807, 2.05) is 60.7 Å². The molecule has 8 heteroatoms. The molecule has 228 valence electrons. The molecule has 0 radical (unpaired) electrons. The highest BCUT2D eigenvalue weighted by Crippen LogP contribution is 2.41. The summed E-state index contributed by atoms with van der Waals surface area (Å²) in [6, 6.07) is 21.8. The third-order valence-corrected chi connectivity index (χ3v) is 7.26. The van der Waals surface area contributed by atoms with Gasteiger partial charge in [-0.3, -0.25) is 0 Å². The van der Waals surface area contributed by atoms with Crippen molar-refractivity contribution in [3.05, 3.63) is 89.0 Å². The van der Waals surface area contributed by atoms with Gasteiger partial charge in [0, 0.05) is 6.07 Å². The van der Waals surface area contributed by atoms with E-state index in [2.05, 4.69) is 6.07 Å². The SMILES string of the molecule is COc1cccc(CCc2cc(Oc3ccc(CCc4cc(OC)c(OC)c(OC)c4)cc3OC)c(OC)cc2OC)c1. The summed E-state index contributed by atoms with van der Waals surface area (Å²) in [5.41, 5.74) is 4.34. The molecule has 0 heterocycles. The molecule has 4 aromatic carbocycles. The van der Waals surface area contributed by atoms with Crippen LogP contribution < -0.4 is 37.9 Å². The molecule has 0 fully saturated rings. The molecule has 0 aliphatic rings. The van der Waals surface area contributed by atoms with Crippen molar-refractivity contribution in [2.75, 3.05) is 49.8 Å². The van der Waals surface area contributed by atoms with E-state index in [1.54, 1.807) is 49.8 Å². The largest absolute Gasteiger partial charge is 0.497 e. The number of ether oxygens (including phenoxy) is 8. The number of aryl methyl sites for hydroxylation is 4. The lowest BCUT2D eigenvalue weighted by Gasteiger charge is -2.17. The molecule has 0 saturated carbocycles. The van der Waals surface area contributed by atoms with Crippen molar-refractivity contribution in [3.8, 4) is 51.7 Å². The van der Waals surface area contributed by atoms with Crippen LogP contribution in [0.1, 0.15) is 22.3 Å². The second-order valence-corrected chi connectivity index (χ2v) is 9.79. The van der Waals surface area contributed by atoms with Gasteiger partial charge in [0.1, 0.15) is 11.5 Å². The number of hydrogen-bond donors (Lipinski definition) is 0. The lowest BCUT2D eigenvalue weighted by molar-refractivity contribution is 0.324. The highest BCUT2D eigenvalue weighted by Gasteiger charge is 2.17. The van der Waals surface area contributed by atoms with Crippen LogP contribution in [0.5, 0.6) is 51.7 Å². The first-order chi connectivity index (χ1) is 21.0. The predicted molar refractivity (Wildman–Crippen MR) is 167 cm³/mol. The van der Waals surface area contributed by atoms with Crippen LogP contribution in [0.15, 0.2) is 66.7 Å². The molecule has 0 spiro atoms. The lowest BCUT2D eigenvalue weighted by Crippen LogP contribution is -2.00. The Kier molecular flexibility index (Phi) is 10.9. The number of hydrogen-bond acceptors (Lipinski definition) is 8. The zero-order valence-electron chi connectivity index (χ0n) is 25.9. The minimum atomic E-state index is 0.565. The van der Waals surface area contributed by atoms with Gasteiger partial charge in [0.15, 0.2) is 34.5 Å². The van der Waals surface area contributed by atoms with Crippen LogP contribution in [0.3, 0.4) is 0 Å². The number of benzene rings is 4. The summed E-state index contributed by atoms with van der Waals surface area (Å²) < 4.78 is 45.3. The summed E-state index contributed by atoms with van der Waals surface area (Å²) in [6.45, 7) is 0. The quantitative estimate of drug-likeness (QED) is 0.146. The molecule has 4 aromatic rings. The summed E-state index contributed by atoms with van der Waals surface area (Å²) >= 11 is 0. The van der Waals surface area contributed by atoms with E-state index in [1.165, 1.54) is 5.56 Å². The van der Waals surface area contributed by atoms with Gasteiger partial charge in [0.05, 0.1) is 49.8 Å². The summed E-state index contributed by atoms with van der Waals surface area (Å²) in [5.74, 6) is 5.77. The molecule has 0 aliphatic heterocycles. The average molecular weight is 589 g/mol. The summed E-state index contributed by atoms with van der Waals surface area (Å²) in [7, 11) is 11.4. The summed E-state index contributed by atoms with van der Waals surface area (Å²) in [5, 5.41) is 0. The van der Waals surface area contributed by atoms with Crippen molar-refractivity contribution in [1.82, 2.24) is 0 Å². The minimum absolute atomic E-state index is 0.565. The van der Waals surface area contributed by atoms with Gasteiger partial charge in [-0.1, -0.05) is 18.2 Å². The van der Waals surface area contributed by atoms with Crippen LogP contribution >= 0.6 is 0 Å². The number of rotatable bonds is 15. The summed E-state index contributed by atoms with van der Waals surface area (Å²) in [4.78, 5) is 0. The van der Waals surface area contributed by atoms with Gasteiger partial charge in [-0.15, -0.1) is 0 Å². The van der Waals surface area contributed by atoms with E-state index in [0.717, 1.165) is 53.9 Å². The number of methoxy groups -OCH3 is 7. The second kappa shape index (κ2) is 15.0. The first-order valence-electron chi connectivity index (χ1n) is 14.0. The van der Waals surface area contributed by atoms with Crippen LogP contribution in [0.2, 0.25) is 0 Å². The Labute approximate surface area is 254 Å². The smallest absolute Gasteiger partial charge is 0.203 e. The van der Waals surface area contributed by atoms with Crippen LogP contribution in [-0.4, -0.2) is 49.8 Å². The standard InChI is InChI=1S/C35H40O8/c1-36-27-10-8-9-23(17-27)13-15-26-21-32(31(39-4)22-29(26)37-2)43-28-16-14-24(18-30(28)38-3)11-12-25-19-33(40-5)35(42-7)34(20-25)41-6/h8-10,14,16-22H,11-13,15H2,1-7H3. The first kappa shape index (κ1) is 31.2. The maximum Gasteiger partial charge on any atom is 0.203 e. The molecule has 43 heavy (non-hydrogen) atoms. The Balaban J connectivity index is 1.53. The van der Waals surface area contributed by atoms with Crippen LogP contribution in [0.25, 0.3) is 0 Å². The van der Waals surface area contributed by atoms with E-state index in [-0.39, 0.29) is 0 Å². The molecule has 0 atom stereocenters. The van der Waals surface area contributed by atoms with Gasteiger partial charge in [0.25, 0.3) is 0 Å². The molecule has 0 saturated heterocycles. The normalized spacial score (nSPS) is 10.6. The van der Waals surface area contributed by atoms with Gasteiger partial charge < -0.3 is 37.9 Å². The van der Waals surface area contributed by atoms with E-state index >= 15 is 0 Å². The third-order valence-electron chi connectivity index (χ3n) is 7.26. The highest BCUT2D eigenvalue weighted by atomic mass is 16.5. The third kappa shape index (κ3) is 7.57. The topological polar surface area (TPSA) is 73.8 Å². The molecule has 0 aromatic heterocycles. The Hall–Kier alpha value is -4.72. The molecule has 0 amide bonds. The highest BCUT2D eigenvalue weighted by molar-refractivity contribution is 5.55. The monoisotopic (exact) mass is 588 g/mol. The molecule has 0 unspecified atom stereocenters. The molecule has 0 aliphatic carbocycles. The van der Waals surface area contributed by atoms with Gasteiger partial charge in [-0.25, -0.2) is 0 Å². The Bertz CT molecular complexity index is 1490. The van der Waals surface area contributed by atoms with Crippen molar-refractivity contribution >= 4 is 0 Å². The molecular weight excluding hydrogens is 548 g/mol. The maximum atomic E-state index is 6.38. The van der Waals surface area contributed by atoms with Crippen molar-refractivity contribution in [3.63, 3.8) is 0 Å². The van der Waals surface area contributed by atoms with Crippen molar-refractivity contribution in [2.45, 2.75) is 25.7 Å². The van der Waals surface area contributed by atoms with Gasteiger partial charge in [-0.05, 0) is 90.4 Å². The second-order valence-electron chi connectivity index (χ2n) is 9.79. The van der Waals surface area contributed by atoms with Crippen molar-refractivity contribution in [2.24, 2.45) is 0 Å². The van der Waals surface area contributed by atoms with Crippen molar-refractivity contribution in [1.29, 1.82) is 0 Å². The molecule has 4 rings (SSSR count). The zero-order chi connectivity index (χ0) is 30.8. The van der Waals surface area contributed by atoms with Crippen LogP contribution in [0, 0.1) is 0 Å². The molecule has 0 bridgehead atoms. The van der Waals surface area contributed by atoms with Crippen LogP contribution in [-0.2, 0) is 25.7 Å². The predicted octanol–water partition coefficient (Wildman–Crippen LogP) is 7.11. The first-order valence-corrected chi connectivity index (χ1v) is 14.0. The lowest BCUT2D eigenvalue weighted by atomic mass is 10.0. The van der Waals surface area contributed by atoms with Gasteiger partial charge in [0.2, 0.25) is 5.75 Å². The summed E-state index contributed by atoms with van der Waals surface area (Å²) in [6.07, 6.45) is 3.09. The fraction of sp³-hybridized carbons (Fsp3) is 0.314. The van der Waals surface area contributed by atoms with Crippen molar-refractivity contribution < 1.29 is 37.9 Å². The maximum absolute atomic E-state index is 6.38. The van der Waals surface area contributed by atoms with Crippen LogP contribution in [0.4, 0.5) is 0 Å².